The third-order valence-electron chi connectivity index (χ3n) is 2.65. The first kappa shape index (κ1) is 15.9. The molecule has 3 nitrogen and oxygen atoms in total. The van der Waals surface area contributed by atoms with E-state index in [4.69, 9.17) is 21.1 Å². The number of hydrogen-bond donors (Lipinski definition) is 0. The molecule has 0 N–H and O–H groups in total. The fraction of sp³-hybridized carbons (Fsp3) is 0.188. The van der Waals surface area contributed by atoms with Crippen LogP contribution in [0.3, 0.4) is 0 Å². The minimum Gasteiger partial charge on any atom is -0.492 e. The molecule has 0 amide bonds. The second kappa shape index (κ2) is 7.48. The van der Waals surface area contributed by atoms with Crippen molar-refractivity contribution in [2.75, 3.05) is 6.61 Å². The van der Waals surface area contributed by atoms with Crippen LogP contribution in [0.1, 0.15) is 23.7 Å². The first-order valence-corrected chi connectivity index (χ1v) is 7.67. The van der Waals surface area contributed by atoms with Gasteiger partial charge in [0.15, 0.2) is 0 Å². The van der Waals surface area contributed by atoms with Gasteiger partial charge in [0.25, 0.3) is 0 Å². The molecule has 0 spiro atoms. The predicted molar refractivity (Wildman–Crippen MR) is 86.3 cm³/mol. The molecule has 2 aromatic carbocycles. The fourth-order valence-corrected chi connectivity index (χ4v) is 2.24. The summed E-state index contributed by atoms with van der Waals surface area (Å²) in [6.45, 7) is 2.67. The lowest BCUT2D eigenvalue weighted by Crippen LogP contribution is -2.08. The molecule has 0 aliphatic carbocycles. The van der Waals surface area contributed by atoms with Gasteiger partial charge in [-0.2, -0.15) is 0 Å². The van der Waals surface area contributed by atoms with Crippen LogP contribution in [0.5, 0.6) is 11.5 Å². The third-order valence-corrected chi connectivity index (χ3v) is 3.53. The van der Waals surface area contributed by atoms with Gasteiger partial charge >= 0.3 is 5.97 Å². The van der Waals surface area contributed by atoms with Crippen LogP contribution < -0.4 is 9.47 Å². The summed E-state index contributed by atoms with van der Waals surface area (Å²) in [5, 5.41) is 0.593. The minimum absolute atomic E-state index is 0.430. The number of benzene rings is 2. The Balaban J connectivity index is 2.08. The molecule has 0 aromatic heterocycles. The number of esters is 1. The molecule has 2 rings (SSSR count). The van der Waals surface area contributed by atoms with E-state index in [1.54, 1.807) is 42.5 Å². The Morgan fingerprint density at radius 3 is 2.52 bits per heavy atom. The Morgan fingerprint density at radius 2 is 1.90 bits per heavy atom. The Morgan fingerprint density at radius 1 is 1.19 bits per heavy atom. The molecule has 110 valence electrons. The summed E-state index contributed by atoms with van der Waals surface area (Å²) < 4.78 is 11.5. The molecule has 0 saturated carbocycles. The van der Waals surface area contributed by atoms with E-state index in [0.717, 1.165) is 10.9 Å². The van der Waals surface area contributed by atoms with E-state index in [0.29, 0.717) is 28.7 Å². The van der Waals surface area contributed by atoms with Crippen molar-refractivity contribution in [2.24, 2.45) is 0 Å². The molecule has 2 aromatic rings. The molecule has 0 heterocycles. The summed E-state index contributed by atoms with van der Waals surface area (Å²) in [5.74, 6) is 0.729. The smallest absolute Gasteiger partial charge is 0.343 e. The number of carbonyl (C=O) groups is 1. The summed E-state index contributed by atoms with van der Waals surface area (Å²) in [6, 6.07) is 11.7. The average molecular weight is 370 g/mol. The standard InChI is InChI=1S/C16H14BrClO3/c1-2-9-20-15-8-3-11(10-14(15)17)16(19)21-13-6-4-12(18)5-7-13/h3-8,10H,2,9H2,1H3. The highest BCUT2D eigenvalue weighted by molar-refractivity contribution is 9.10. The first-order chi connectivity index (χ1) is 10.1. The summed E-state index contributed by atoms with van der Waals surface area (Å²) >= 11 is 9.17. The van der Waals surface area contributed by atoms with Crippen LogP contribution in [-0.2, 0) is 0 Å². The van der Waals surface area contributed by atoms with Crippen molar-refractivity contribution in [3.63, 3.8) is 0 Å². The lowest BCUT2D eigenvalue weighted by Gasteiger charge is -2.09. The Hall–Kier alpha value is -1.52. The highest BCUT2D eigenvalue weighted by atomic mass is 79.9. The zero-order valence-corrected chi connectivity index (χ0v) is 13.8. The molecular formula is C16H14BrClO3. The Labute approximate surface area is 137 Å². The molecule has 21 heavy (non-hydrogen) atoms. The second-order valence-corrected chi connectivity index (χ2v) is 5.63. The molecule has 0 radical (unpaired) electrons. The number of carbonyl (C=O) groups excluding carboxylic acids is 1. The SMILES string of the molecule is CCCOc1ccc(C(=O)Oc2ccc(Cl)cc2)cc1Br. The Bertz CT molecular complexity index is 626. The average Bonchev–Trinajstić information content (AvgIpc) is 2.48. The minimum atomic E-state index is -0.430. The van der Waals surface area contributed by atoms with Crippen LogP contribution in [-0.4, -0.2) is 12.6 Å². The topological polar surface area (TPSA) is 35.5 Å². The Kier molecular flexibility index (Phi) is 5.65. The molecule has 0 aliphatic rings. The van der Waals surface area contributed by atoms with Crippen LogP contribution in [0.2, 0.25) is 5.02 Å². The highest BCUT2D eigenvalue weighted by Crippen LogP contribution is 2.27. The summed E-state index contributed by atoms with van der Waals surface area (Å²) in [7, 11) is 0. The molecule has 0 aliphatic heterocycles. The zero-order valence-electron chi connectivity index (χ0n) is 11.4. The first-order valence-electron chi connectivity index (χ1n) is 6.50. The molecule has 0 bridgehead atoms. The van der Waals surface area contributed by atoms with Crippen LogP contribution >= 0.6 is 27.5 Å². The van der Waals surface area contributed by atoms with Gasteiger partial charge in [-0.05, 0) is 64.8 Å². The number of ether oxygens (including phenoxy) is 2. The largest absolute Gasteiger partial charge is 0.492 e. The van der Waals surface area contributed by atoms with E-state index in [-0.39, 0.29) is 0 Å². The third kappa shape index (κ3) is 4.48. The number of rotatable bonds is 5. The van der Waals surface area contributed by atoms with Gasteiger partial charge in [0.1, 0.15) is 11.5 Å². The molecule has 0 atom stereocenters. The van der Waals surface area contributed by atoms with E-state index in [2.05, 4.69) is 15.9 Å². The van der Waals surface area contributed by atoms with Crippen molar-refractivity contribution < 1.29 is 14.3 Å². The zero-order chi connectivity index (χ0) is 15.2. The van der Waals surface area contributed by atoms with Crippen molar-refractivity contribution in [2.45, 2.75) is 13.3 Å². The van der Waals surface area contributed by atoms with Crippen LogP contribution in [0, 0.1) is 0 Å². The van der Waals surface area contributed by atoms with Gasteiger partial charge < -0.3 is 9.47 Å². The normalized spacial score (nSPS) is 10.2. The van der Waals surface area contributed by atoms with E-state index in [1.807, 2.05) is 6.92 Å². The fourth-order valence-electron chi connectivity index (χ4n) is 1.63. The monoisotopic (exact) mass is 368 g/mol. The van der Waals surface area contributed by atoms with Crippen molar-refractivity contribution in [3.05, 3.63) is 57.5 Å². The van der Waals surface area contributed by atoms with Crippen LogP contribution in [0.25, 0.3) is 0 Å². The quantitative estimate of drug-likeness (QED) is 0.542. The molecule has 0 saturated heterocycles. The maximum atomic E-state index is 12.1. The number of hydrogen-bond acceptors (Lipinski definition) is 3. The molecule has 5 heteroatoms. The van der Waals surface area contributed by atoms with Gasteiger partial charge in [0.2, 0.25) is 0 Å². The number of halogens is 2. The van der Waals surface area contributed by atoms with Crippen LogP contribution in [0.15, 0.2) is 46.9 Å². The maximum Gasteiger partial charge on any atom is 0.343 e. The van der Waals surface area contributed by atoms with Crippen molar-refractivity contribution in [1.82, 2.24) is 0 Å². The lowest BCUT2D eigenvalue weighted by molar-refractivity contribution is 0.0734. The summed E-state index contributed by atoms with van der Waals surface area (Å²) in [6.07, 6.45) is 0.923. The van der Waals surface area contributed by atoms with Gasteiger partial charge in [-0.15, -0.1) is 0 Å². The summed E-state index contributed by atoms with van der Waals surface area (Å²) in [5.41, 5.74) is 0.445. The van der Waals surface area contributed by atoms with Crippen molar-refractivity contribution in [3.8, 4) is 11.5 Å². The lowest BCUT2D eigenvalue weighted by atomic mass is 10.2. The van der Waals surface area contributed by atoms with E-state index < -0.39 is 5.97 Å². The predicted octanol–water partition coefficient (Wildman–Crippen LogP) is 5.11. The van der Waals surface area contributed by atoms with Gasteiger partial charge in [0.05, 0.1) is 16.6 Å². The van der Waals surface area contributed by atoms with Crippen molar-refractivity contribution in [1.29, 1.82) is 0 Å². The van der Waals surface area contributed by atoms with E-state index >= 15 is 0 Å². The summed E-state index contributed by atoms with van der Waals surface area (Å²) in [4.78, 5) is 12.1. The molecule has 0 fully saturated rings. The van der Waals surface area contributed by atoms with Gasteiger partial charge in [-0.1, -0.05) is 18.5 Å². The van der Waals surface area contributed by atoms with Gasteiger partial charge in [-0.25, -0.2) is 4.79 Å². The van der Waals surface area contributed by atoms with Crippen LogP contribution in [0.4, 0.5) is 0 Å². The van der Waals surface area contributed by atoms with Gasteiger partial charge in [-0.3, -0.25) is 0 Å². The second-order valence-electron chi connectivity index (χ2n) is 4.34. The maximum absolute atomic E-state index is 12.1. The molecule has 0 unspecified atom stereocenters. The van der Waals surface area contributed by atoms with Crippen molar-refractivity contribution >= 4 is 33.5 Å². The van der Waals surface area contributed by atoms with E-state index in [9.17, 15) is 4.79 Å². The highest BCUT2D eigenvalue weighted by Gasteiger charge is 2.11. The van der Waals surface area contributed by atoms with E-state index in [1.165, 1.54) is 0 Å². The van der Waals surface area contributed by atoms with Gasteiger partial charge in [0, 0.05) is 5.02 Å². The molecular weight excluding hydrogens is 356 g/mol.